The Kier molecular flexibility index (Phi) is 4.42. The second kappa shape index (κ2) is 5.65. The molecule has 4 nitrogen and oxygen atoms in total. The fraction of sp³-hybridized carbons (Fsp3) is 1.00. The molecule has 100 valence electrons. The third kappa shape index (κ3) is 3.65. The van der Waals surface area contributed by atoms with E-state index in [-0.39, 0.29) is 5.60 Å². The molecule has 0 spiro atoms. The van der Waals surface area contributed by atoms with Gasteiger partial charge in [0.2, 0.25) is 0 Å². The Hall–Kier alpha value is -0.160. The maximum absolute atomic E-state index is 5.75. The van der Waals surface area contributed by atoms with Crippen molar-refractivity contribution in [2.45, 2.75) is 32.4 Å². The molecule has 2 heterocycles. The molecule has 2 fully saturated rings. The molecule has 2 unspecified atom stereocenters. The summed E-state index contributed by atoms with van der Waals surface area (Å²) in [5.74, 6) is 0.629. The smallest absolute Gasteiger partial charge is 0.0753 e. The lowest BCUT2D eigenvalue weighted by molar-refractivity contribution is -0.0894. The molecule has 0 aromatic carbocycles. The Labute approximate surface area is 105 Å². The van der Waals surface area contributed by atoms with Crippen LogP contribution in [0.5, 0.6) is 0 Å². The van der Waals surface area contributed by atoms with E-state index in [1.54, 1.807) is 0 Å². The highest BCUT2D eigenvalue weighted by Crippen LogP contribution is 2.20. The summed E-state index contributed by atoms with van der Waals surface area (Å²) in [6, 6.07) is 0.533. The molecule has 17 heavy (non-hydrogen) atoms. The average Bonchev–Trinajstić information content (AvgIpc) is 2.65. The summed E-state index contributed by atoms with van der Waals surface area (Å²) >= 11 is 0. The summed E-state index contributed by atoms with van der Waals surface area (Å²) in [6.45, 7) is 13.4. The third-order valence-electron chi connectivity index (χ3n) is 3.66. The highest BCUT2D eigenvalue weighted by atomic mass is 16.5. The Morgan fingerprint density at radius 2 is 2.18 bits per heavy atom. The fourth-order valence-corrected chi connectivity index (χ4v) is 2.87. The van der Waals surface area contributed by atoms with E-state index in [4.69, 9.17) is 9.47 Å². The van der Waals surface area contributed by atoms with Gasteiger partial charge in [0.1, 0.15) is 0 Å². The fourth-order valence-electron chi connectivity index (χ4n) is 2.87. The molecule has 0 amide bonds. The van der Waals surface area contributed by atoms with E-state index in [0.717, 1.165) is 46.0 Å². The van der Waals surface area contributed by atoms with Crippen molar-refractivity contribution >= 4 is 0 Å². The number of hydrogen-bond donors (Lipinski definition) is 1. The summed E-state index contributed by atoms with van der Waals surface area (Å²) in [5.41, 5.74) is 0.00535. The molecule has 0 aromatic heterocycles. The van der Waals surface area contributed by atoms with Crippen LogP contribution in [0.1, 0.15) is 20.8 Å². The summed E-state index contributed by atoms with van der Waals surface area (Å²) in [4.78, 5) is 2.52. The van der Waals surface area contributed by atoms with Gasteiger partial charge >= 0.3 is 0 Å². The zero-order valence-electron chi connectivity index (χ0n) is 11.4. The van der Waals surface area contributed by atoms with E-state index >= 15 is 0 Å². The van der Waals surface area contributed by atoms with E-state index in [1.807, 2.05) is 0 Å². The van der Waals surface area contributed by atoms with Crippen molar-refractivity contribution in [3.8, 4) is 0 Å². The monoisotopic (exact) mass is 242 g/mol. The molecule has 4 heteroatoms. The van der Waals surface area contributed by atoms with E-state index in [1.165, 1.54) is 0 Å². The number of morpholine rings is 1. The topological polar surface area (TPSA) is 33.7 Å². The van der Waals surface area contributed by atoms with Crippen molar-refractivity contribution < 1.29 is 9.47 Å². The zero-order valence-corrected chi connectivity index (χ0v) is 11.4. The Balaban J connectivity index is 1.83. The maximum Gasteiger partial charge on any atom is 0.0753 e. The minimum absolute atomic E-state index is 0.00535. The number of nitrogens with one attached hydrogen (secondary N) is 1. The molecule has 0 radical (unpaired) electrons. The second-order valence-corrected chi connectivity index (χ2v) is 5.80. The third-order valence-corrected chi connectivity index (χ3v) is 3.66. The first-order chi connectivity index (χ1) is 8.11. The molecule has 0 saturated carbocycles. The van der Waals surface area contributed by atoms with Crippen LogP contribution in [0.3, 0.4) is 0 Å². The largest absolute Gasteiger partial charge is 0.379 e. The number of rotatable bonds is 4. The predicted molar refractivity (Wildman–Crippen MR) is 68.2 cm³/mol. The lowest BCUT2D eigenvalue weighted by Crippen LogP contribution is -2.51. The van der Waals surface area contributed by atoms with E-state index in [9.17, 15) is 0 Å². The van der Waals surface area contributed by atoms with Crippen LogP contribution in [-0.2, 0) is 9.47 Å². The summed E-state index contributed by atoms with van der Waals surface area (Å²) in [6.07, 6.45) is 0. The van der Waals surface area contributed by atoms with Gasteiger partial charge in [-0.1, -0.05) is 6.92 Å². The van der Waals surface area contributed by atoms with Crippen molar-refractivity contribution in [2.24, 2.45) is 5.92 Å². The van der Waals surface area contributed by atoms with Gasteiger partial charge in [-0.15, -0.1) is 0 Å². The molecular formula is C13H26N2O2. The van der Waals surface area contributed by atoms with Crippen LogP contribution in [0.2, 0.25) is 0 Å². The van der Waals surface area contributed by atoms with Gasteiger partial charge in [0.25, 0.3) is 0 Å². The lowest BCUT2D eigenvalue weighted by Gasteiger charge is -2.39. The van der Waals surface area contributed by atoms with Gasteiger partial charge < -0.3 is 14.8 Å². The first-order valence-corrected chi connectivity index (χ1v) is 6.78. The molecule has 1 N–H and O–H groups in total. The summed E-state index contributed by atoms with van der Waals surface area (Å²) < 4.78 is 11.3. The molecule has 2 saturated heterocycles. The molecular weight excluding hydrogens is 216 g/mol. The van der Waals surface area contributed by atoms with Gasteiger partial charge in [0.05, 0.1) is 25.4 Å². The van der Waals surface area contributed by atoms with Gasteiger partial charge in [0, 0.05) is 31.6 Å². The number of likely N-dealkylation sites (N-methyl/N-ethyl adjacent to an activating group) is 1. The normalized spacial score (nSPS) is 34.1. The highest BCUT2D eigenvalue weighted by Gasteiger charge is 2.33. The Bertz CT molecular complexity index is 246. The van der Waals surface area contributed by atoms with Crippen LogP contribution in [0.25, 0.3) is 0 Å². The van der Waals surface area contributed by atoms with Crippen LogP contribution >= 0.6 is 0 Å². The van der Waals surface area contributed by atoms with Gasteiger partial charge in [-0.3, -0.25) is 4.90 Å². The van der Waals surface area contributed by atoms with Crippen LogP contribution in [0.15, 0.2) is 0 Å². The first kappa shape index (κ1) is 13.3. The first-order valence-electron chi connectivity index (χ1n) is 6.78. The Morgan fingerprint density at radius 1 is 1.35 bits per heavy atom. The van der Waals surface area contributed by atoms with Crippen LogP contribution in [0.4, 0.5) is 0 Å². The molecule has 2 aliphatic heterocycles. The van der Waals surface area contributed by atoms with Crippen molar-refractivity contribution in [2.75, 3.05) is 46.0 Å². The van der Waals surface area contributed by atoms with Crippen molar-refractivity contribution in [3.05, 3.63) is 0 Å². The van der Waals surface area contributed by atoms with E-state index in [2.05, 4.69) is 31.0 Å². The molecule has 0 bridgehead atoms. The SMILES string of the molecule is CCNC1COCC1CN1CCOC(C)(C)C1. The molecule has 2 rings (SSSR count). The molecule has 0 aliphatic carbocycles. The number of ether oxygens (including phenoxy) is 2. The lowest BCUT2D eigenvalue weighted by atomic mass is 10.0. The summed E-state index contributed by atoms with van der Waals surface area (Å²) in [5, 5.41) is 3.52. The quantitative estimate of drug-likeness (QED) is 0.788. The average molecular weight is 242 g/mol. The second-order valence-electron chi connectivity index (χ2n) is 5.80. The van der Waals surface area contributed by atoms with Crippen molar-refractivity contribution in [3.63, 3.8) is 0 Å². The number of hydrogen-bond acceptors (Lipinski definition) is 4. The van der Waals surface area contributed by atoms with E-state index < -0.39 is 0 Å². The van der Waals surface area contributed by atoms with Gasteiger partial charge in [-0.25, -0.2) is 0 Å². The maximum atomic E-state index is 5.75. The minimum Gasteiger partial charge on any atom is -0.379 e. The molecule has 0 aromatic rings. The number of nitrogens with zero attached hydrogens (tertiary/aromatic N) is 1. The summed E-state index contributed by atoms with van der Waals surface area (Å²) in [7, 11) is 0. The van der Waals surface area contributed by atoms with Crippen molar-refractivity contribution in [1.29, 1.82) is 0 Å². The van der Waals surface area contributed by atoms with Crippen molar-refractivity contribution in [1.82, 2.24) is 10.2 Å². The Morgan fingerprint density at radius 3 is 2.88 bits per heavy atom. The van der Waals surface area contributed by atoms with Crippen LogP contribution in [-0.4, -0.2) is 62.5 Å². The molecule has 2 aliphatic rings. The van der Waals surface area contributed by atoms with Gasteiger partial charge in [-0.2, -0.15) is 0 Å². The van der Waals surface area contributed by atoms with E-state index in [0.29, 0.717) is 12.0 Å². The van der Waals surface area contributed by atoms with Crippen LogP contribution in [0, 0.1) is 5.92 Å². The molecule has 2 atom stereocenters. The standard InChI is InChI=1S/C13H26N2O2/c1-4-14-12-9-16-8-11(12)7-15-5-6-17-13(2,3)10-15/h11-12,14H,4-10H2,1-3H3. The van der Waals surface area contributed by atoms with Gasteiger partial charge in [0.15, 0.2) is 0 Å². The predicted octanol–water partition coefficient (Wildman–Crippen LogP) is 0.722. The zero-order chi connectivity index (χ0) is 12.3. The van der Waals surface area contributed by atoms with Gasteiger partial charge in [-0.05, 0) is 20.4 Å². The highest BCUT2D eigenvalue weighted by molar-refractivity contribution is 4.86. The van der Waals surface area contributed by atoms with Crippen LogP contribution < -0.4 is 5.32 Å². The minimum atomic E-state index is 0.00535.